The van der Waals surface area contributed by atoms with E-state index in [0.717, 1.165) is 5.56 Å². The van der Waals surface area contributed by atoms with Crippen LogP contribution in [0.15, 0.2) is 18.2 Å². The first-order valence-corrected chi connectivity index (χ1v) is 6.18. The van der Waals surface area contributed by atoms with E-state index in [4.69, 9.17) is 22.1 Å². The van der Waals surface area contributed by atoms with Crippen LogP contribution in [0.4, 0.5) is 0 Å². The van der Waals surface area contributed by atoms with Gasteiger partial charge in [0, 0.05) is 24.7 Å². The molecule has 1 aromatic carbocycles. The van der Waals surface area contributed by atoms with Crippen LogP contribution in [0.2, 0.25) is 5.02 Å². The van der Waals surface area contributed by atoms with Crippen LogP contribution in [0, 0.1) is 6.92 Å². The molecule has 0 aliphatic carbocycles. The molecular formula is C13H20Cl2N2O2. The third kappa shape index (κ3) is 5.27. The van der Waals surface area contributed by atoms with Gasteiger partial charge >= 0.3 is 0 Å². The molecule has 1 aromatic rings. The Morgan fingerprint density at radius 1 is 1.53 bits per heavy atom. The molecule has 0 aromatic heterocycles. The van der Waals surface area contributed by atoms with E-state index in [0.29, 0.717) is 17.3 Å². The smallest absolute Gasteiger partial charge is 0.260 e. The summed E-state index contributed by atoms with van der Waals surface area (Å²) in [5, 5.41) is 0.683. The molecule has 6 heteroatoms. The van der Waals surface area contributed by atoms with Crippen molar-refractivity contribution < 1.29 is 9.53 Å². The largest absolute Gasteiger partial charge is 0.484 e. The van der Waals surface area contributed by atoms with Crippen LogP contribution >= 0.6 is 24.0 Å². The van der Waals surface area contributed by atoms with E-state index in [1.807, 2.05) is 19.9 Å². The Kier molecular flexibility index (Phi) is 7.83. The summed E-state index contributed by atoms with van der Waals surface area (Å²) >= 11 is 5.91. The summed E-state index contributed by atoms with van der Waals surface area (Å²) in [6.07, 6.45) is 0. The van der Waals surface area contributed by atoms with Crippen molar-refractivity contribution in [3.63, 3.8) is 0 Å². The standard InChI is InChI=1S/C13H19ClN2O2.ClH/c1-9-6-11(4-5-12(9)14)18-8-13(17)16(3)10(2)7-15;/h4-6,10H,7-8,15H2,1-3H3;1H. The minimum absolute atomic E-state index is 0. The van der Waals surface area contributed by atoms with E-state index in [1.165, 1.54) is 0 Å². The van der Waals surface area contributed by atoms with Crippen LogP contribution in [0.5, 0.6) is 5.75 Å². The van der Waals surface area contributed by atoms with Crippen molar-refractivity contribution in [2.75, 3.05) is 20.2 Å². The lowest BCUT2D eigenvalue weighted by molar-refractivity contribution is -0.133. The second-order valence-corrected chi connectivity index (χ2v) is 4.70. The molecule has 0 aliphatic rings. The number of rotatable bonds is 5. The second-order valence-electron chi connectivity index (χ2n) is 4.29. The maximum Gasteiger partial charge on any atom is 0.260 e. The number of carbonyl (C=O) groups is 1. The number of carbonyl (C=O) groups excluding carboxylic acids is 1. The Bertz CT molecular complexity index is 427. The molecule has 0 aliphatic heterocycles. The van der Waals surface area contributed by atoms with Gasteiger partial charge in [0.15, 0.2) is 6.61 Å². The van der Waals surface area contributed by atoms with Gasteiger partial charge in [0.1, 0.15) is 5.75 Å². The number of likely N-dealkylation sites (N-methyl/N-ethyl adjacent to an activating group) is 1. The van der Waals surface area contributed by atoms with Crippen molar-refractivity contribution in [3.8, 4) is 5.75 Å². The molecule has 108 valence electrons. The summed E-state index contributed by atoms with van der Waals surface area (Å²) in [7, 11) is 1.72. The predicted octanol–water partition coefficient (Wildman–Crippen LogP) is 2.25. The maximum atomic E-state index is 11.8. The molecule has 0 fully saturated rings. The lowest BCUT2D eigenvalue weighted by atomic mass is 10.2. The molecule has 0 spiro atoms. The first-order valence-electron chi connectivity index (χ1n) is 5.80. The highest BCUT2D eigenvalue weighted by Gasteiger charge is 2.14. The Hall–Kier alpha value is -0.970. The Morgan fingerprint density at radius 3 is 2.68 bits per heavy atom. The Balaban J connectivity index is 0.00000324. The van der Waals surface area contributed by atoms with Crippen molar-refractivity contribution in [2.45, 2.75) is 19.9 Å². The van der Waals surface area contributed by atoms with Crippen molar-refractivity contribution in [2.24, 2.45) is 5.73 Å². The molecule has 0 radical (unpaired) electrons. The predicted molar refractivity (Wildman–Crippen MR) is 80.2 cm³/mol. The van der Waals surface area contributed by atoms with E-state index in [9.17, 15) is 4.79 Å². The van der Waals surface area contributed by atoms with E-state index in [2.05, 4.69) is 0 Å². The van der Waals surface area contributed by atoms with Gasteiger partial charge in [-0.25, -0.2) is 0 Å². The zero-order chi connectivity index (χ0) is 13.7. The van der Waals surface area contributed by atoms with Gasteiger partial charge in [0.25, 0.3) is 5.91 Å². The van der Waals surface area contributed by atoms with Crippen LogP contribution < -0.4 is 10.5 Å². The van der Waals surface area contributed by atoms with Crippen LogP contribution in [-0.2, 0) is 4.79 Å². The minimum atomic E-state index is -0.0967. The molecule has 0 saturated heterocycles. The molecule has 0 saturated carbocycles. The van der Waals surface area contributed by atoms with Crippen LogP contribution in [0.1, 0.15) is 12.5 Å². The van der Waals surface area contributed by atoms with Gasteiger partial charge in [0.05, 0.1) is 0 Å². The van der Waals surface area contributed by atoms with Crippen molar-refractivity contribution >= 4 is 29.9 Å². The number of nitrogens with two attached hydrogens (primary N) is 1. The molecule has 0 bridgehead atoms. The third-order valence-electron chi connectivity index (χ3n) is 2.89. The molecule has 2 N–H and O–H groups in total. The first kappa shape index (κ1) is 18.0. The molecule has 1 rings (SSSR count). The van der Waals surface area contributed by atoms with Gasteiger partial charge in [-0.2, -0.15) is 0 Å². The number of amides is 1. The highest BCUT2D eigenvalue weighted by molar-refractivity contribution is 6.31. The van der Waals surface area contributed by atoms with E-state index < -0.39 is 0 Å². The van der Waals surface area contributed by atoms with E-state index in [-0.39, 0.29) is 31.0 Å². The topological polar surface area (TPSA) is 55.6 Å². The summed E-state index contributed by atoms with van der Waals surface area (Å²) in [4.78, 5) is 13.4. The molecule has 1 unspecified atom stereocenters. The van der Waals surface area contributed by atoms with Gasteiger partial charge in [-0.05, 0) is 37.6 Å². The van der Waals surface area contributed by atoms with Gasteiger partial charge in [-0.3, -0.25) is 4.79 Å². The van der Waals surface area contributed by atoms with Crippen LogP contribution in [-0.4, -0.2) is 37.0 Å². The lowest BCUT2D eigenvalue weighted by Gasteiger charge is -2.23. The number of hydrogen-bond donors (Lipinski definition) is 1. The SMILES string of the molecule is Cc1cc(OCC(=O)N(C)C(C)CN)ccc1Cl.Cl. The van der Waals surface area contributed by atoms with E-state index >= 15 is 0 Å². The summed E-state index contributed by atoms with van der Waals surface area (Å²) in [5.74, 6) is 0.541. The highest BCUT2D eigenvalue weighted by Crippen LogP contribution is 2.20. The number of benzene rings is 1. The number of aryl methyl sites for hydroxylation is 1. The lowest BCUT2D eigenvalue weighted by Crippen LogP contribution is -2.42. The summed E-state index contributed by atoms with van der Waals surface area (Å²) in [5.41, 5.74) is 6.43. The van der Waals surface area contributed by atoms with Crippen molar-refractivity contribution in [1.29, 1.82) is 0 Å². The molecule has 1 atom stereocenters. The van der Waals surface area contributed by atoms with Gasteiger partial charge in [0.2, 0.25) is 0 Å². The van der Waals surface area contributed by atoms with Gasteiger partial charge in [-0.1, -0.05) is 11.6 Å². The minimum Gasteiger partial charge on any atom is -0.484 e. The van der Waals surface area contributed by atoms with Crippen LogP contribution in [0.25, 0.3) is 0 Å². The monoisotopic (exact) mass is 306 g/mol. The third-order valence-corrected chi connectivity index (χ3v) is 3.31. The normalized spacial score (nSPS) is 11.4. The maximum absolute atomic E-state index is 11.8. The molecule has 1 amide bonds. The zero-order valence-electron chi connectivity index (χ0n) is 11.4. The summed E-state index contributed by atoms with van der Waals surface area (Å²) in [6.45, 7) is 4.22. The zero-order valence-corrected chi connectivity index (χ0v) is 12.9. The van der Waals surface area contributed by atoms with Crippen molar-refractivity contribution in [3.05, 3.63) is 28.8 Å². The fourth-order valence-electron chi connectivity index (χ4n) is 1.36. The fourth-order valence-corrected chi connectivity index (χ4v) is 1.48. The molecule has 19 heavy (non-hydrogen) atoms. The molecule has 4 nitrogen and oxygen atoms in total. The molecular weight excluding hydrogens is 287 g/mol. The van der Waals surface area contributed by atoms with Crippen molar-refractivity contribution in [1.82, 2.24) is 4.90 Å². The van der Waals surface area contributed by atoms with Gasteiger partial charge < -0.3 is 15.4 Å². The quantitative estimate of drug-likeness (QED) is 0.908. The fraction of sp³-hybridized carbons (Fsp3) is 0.462. The van der Waals surface area contributed by atoms with Crippen LogP contribution in [0.3, 0.4) is 0 Å². The summed E-state index contributed by atoms with van der Waals surface area (Å²) in [6, 6.07) is 5.31. The van der Waals surface area contributed by atoms with E-state index in [1.54, 1.807) is 24.1 Å². The number of hydrogen-bond acceptors (Lipinski definition) is 3. The summed E-state index contributed by atoms with van der Waals surface area (Å²) < 4.78 is 5.43. The number of halogens is 2. The Morgan fingerprint density at radius 2 is 2.16 bits per heavy atom. The number of nitrogens with zero attached hydrogens (tertiary/aromatic N) is 1. The second kappa shape index (κ2) is 8.25. The number of ether oxygens (including phenoxy) is 1. The molecule has 0 heterocycles. The Labute approximate surface area is 125 Å². The average Bonchev–Trinajstić information content (AvgIpc) is 2.37. The van der Waals surface area contributed by atoms with Gasteiger partial charge in [-0.15, -0.1) is 12.4 Å². The first-order chi connectivity index (χ1) is 8.45. The highest BCUT2D eigenvalue weighted by atomic mass is 35.5. The average molecular weight is 307 g/mol.